The van der Waals surface area contributed by atoms with Gasteiger partial charge in [-0.25, -0.2) is 9.59 Å². The third-order valence-electron chi connectivity index (χ3n) is 2.91. The molecule has 7 nitrogen and oxygen atoms in total. The van der Waals surface area contributed by atoms with Crippen LogP contribution in [0.2, 0.25) is 0 Å². The van der Waals surface area contributed by atoms with Crippen LogP contribution in [-0.2, 0) is 4.74 Å². The van der Waals surface area contributed by atoms with Crippen molar-refractivity contribution in [3.63, 3.8) is 0 Å². The third-order valence-corrected chi connectivity index (χ3v) is 2.91. The fraction of sp³-hybridized carbons (Fsp3) is 0.867. The molecule has 3 amide bonds. The smallest absolute Gasteiger partial charge is 0.407 e. The Balaban J connectivity index is 3.56. The van der Waals surface area contributed by atoms with E-state index in [9.17, 15) is 9.59 Å². The Morgan fingerprint density at radius 1 is 0.955 bits per heavy atom. The van der Waals surface area contributed by atoms with E-state index in [0.717, 1.165) is 26.1 Å². The highest BCUT2D eigenvalue weighted by Crippen LogP contribution is 2.05. The van der Waals surface area contributed by atoms with Crippen LogP contribution in [0, 0.1) is 0 Å². The number of nitrogens with zero attached hydrogens (tertiary/aromatic N) is 1. The summed E-state index contributed by atoms with van der Waals surface area (Å²) in [5.74, 6) is 0. The molecule has 7 heteroatoms. The van der Waals surface area contributed by atoms with Crippen molar-refractivity contribution in [2.45, 2.75) is 46.6 Å². The zero-order valence-corrected chi connectivity index (χ0v) is 14.6. The van der Waals surface area contributed by atoms with Gasteiger partial charge < -0.3 is 25.6 Å². The van der Waals surface area contributed by atoms with Gasteiger partial charge in [-0.1, -0.05) is 13.8 Å². The average Bonchev–Trinajstić information content (AvgIpc) is 2.42. The molecule has 0 aromatic heterocycles. The molecule has 0 heterocycles. The van der Waals surface area contributed by atoms with Crippen LogP contribution in [0.15, 0.2) is 0 Å². The topological polar surface area (TPSA) is 82.7 Å². The normalized spacial score (nSPS) is 11.2. The van der Waals surface area contributed by atoms with Gasteiger partial charge in [0, 0.05) is 19.6 Å². The summed E-state index contributed by atoms with van der Waals surface area (Å²) >= 11 is 0. The van der Waals surface area contributed by atoms with Gasteiger partial charge in [0.05, 0.1) is 0 Å². The van der Waals surface area contributed by atoms with Crippen molar-refractivity contribution in [1.82, 2.24) is 20.9 Å². The Bertz CT molecular complexity index is 325. The predicted molar refractivity (Wildman–Crippen MR) is 88.0 cm³/mol. The summed E-state index contributed by atoms with van der Waals surface area (Å²) in [5.41, 5.74) is -0.514. The van der Waals surface area contributed by atoms with Crippen LogP contribution in [-0.4, -0.2) is 61.9 Å². The van der Waals surface area contributed by atoms with Crippen LogP contribution < -0.4 is 16.0 Å². The molecule has 22 heavy (non-hydrogen) atoms. The van der Waals surface area contributed by atoms with Crippen LogP contribution in [0.4, 0.5) is 9.59 Å². The quantitative estimate of drug-likeness (QED) is 0.564. The summed E-state index contributed by atoms with van der Waals surface area (Å²) in [6.07, 6.45) is 0.444. The first kappa shape index (κ1) is 20.5. The van der Waals surface area contributed by atoms with Crippen molar-refractivity contribution >= 4 is 12.1 Å². The SMILES string of the molecule is CCN(CC)CCCNC(=O)NCCNC(=O)OC(C)(C)C. The minimum Gasteiger partial charge on any atom is -0.444 e. The van der Waals surface area contributed by atoms with Gasteiger partial charge in [-0.15, -0.1) is 0 Å². The van der Waals surface area contributed by atoms with Crippen molar-refractivity contribution < 1.29 is 14.3 Å². The van der Waals surface area contributed by atoms with Crippen LogP contribution >= 0.6 is 0 Å². The second kappa shape index (κ2) is 11.1. The van der Waals surface area contributed by atoms with Crippen LogP contribution in [0.5, 0.6) is 0 Å². The third kappa shape index (κ3) is 12.3. The monoisotopic (exact) mass is 316 g/mol. The molecule has 0 saturated carbocycles. The van der Waals surface area contributed by atoms with Crippen LogP contribution in [0.1, 0.15) is 41.0 Å². The van der Waals surface area contributed by atoms with Gasteiger partial charge in [0.1, 0.15) is 5.60 Å². The number of amides is 3. The zero-order valence-electron chi connectivity index (χ0n) is 14.6. The largest absolute Gasteiger partial charge is 0.444 e. The summed E-state index contributed by atoms with van der Waals surface area (Å²) in [5, 5.41) is 8.06. The number of hydrogen-bond acceptors (Lipinski definition) is 4. The van der Waals surface area contributed by atoms with E-state index in [4.69, 9.17) is 4.74 Å². The van der Waals surface area contributed by atoms with Gasteiger partial charge >= 0.3 is 12.1 Å². The molecule has 0 aromatic carbocycles. The number of carbonyl (C=O) groups is 2. The molecular formula is C15H32N4O3. The number of ether oxygens (including phenoxy) is 1. The lowest BCUT2D eigenvalue weighted by Crippen LogP contribution is -2.42. The fourth-order valence-corrected chi connectivity index (χ4v) is 1.76. The maximum Gasteiger partial charge on any atom is 0.407 e. The van der Waals surface area contributed by atoms with E-state index in [2.05, 4.69) is 34.7 Å². The molecule has 0 rings (SSSR count). The van der Waals surface area contributed by atoms with Gasteiger partial charge in [0.2, 0.25) is 0 Å². The lowest BCUT2D eigenvalue weighted by atomic mass is 10.2. The Kier molecular flexibility index (Phi) is 10.4. The van der Waals surface area contributed by atoms with Gasteiger partial charge in [-0.3, -0.25) is 0 Å². The zero-order chi connectivity index (χ0) is 17.0. The van der Waals surface area contributed by atoms with E-state index in [1.54, 1.807) is 20.8 Å². The molecule has 0 aliphatic rings. The average molecular weight is 316 g/mol. The second-order valence-corrected chi connectivity index (χ2v) is 5.99. The highest BCUT2D eigenvalue weighted by Gasteiger charge is 2.15. The van der Waals surface area contributed by atoms with Crippen LogP contribution in [0.25, 0.3) is 0 Å². The maximum absolute atomic E-state index is 11.5. The van der Waals surface area contributed by atoms with Crippen molar-refractivity contribution in [1.29, 1.82) is 0 Å². The fourth-order valence-electron chi connectivity index (χ4n) is 1.76. The Morgan fingerprint density at radius 3 is 2.05 bits per heavy atom. The molecule has 0 bridgehead atoms. The summed E-state index contributed by atoms with van der Waals surface area (Å²) in [4.78, 5) is 25.2. The summed E-state index contributed by atoms with van der Waals surface area (Å²) < 4.78 is 5.08. The number of hydrogen-bond donors (Lipinski definition) is 3. The Morgan fingerprint density at radius 2 is 1.50 bits per heavy atom. The number of nitrogens with one attached hydrogen (secondary N) is 3. The molecule has 0 unspecified atom stereocenters. The molecule has 3 N–H and O–H groups in total. The molecule has 0 saturated heterocycles. The van der Waals surface area contributed by atoms with Crippen molar-refractivity contribution in [2.75, 3.05) is 39.3 Å². The van der Waals surface area contributed by atoms with Crippen molar-refractivity contribution in [2.24, 2.45) is 0 Å². The second-order valence-electron chi connectivity index (χ2n) is 5.99. The standard InChI is InChI=1S/C15H32N4O3/c1-6-19(7-2)12-8-9-16-13(20)17-10-11-18-14(21)22-15(3,4)5/h6-12H2,1-5H3,(H,18,21)(H2,16,17,20). The maximum atomic E-state index is 11.5. The molecule has 0 spiro atoms. The molecule has 0 aromatic rings. The molecular weight excluding hydrogens is 284 g/mol. The Labute approximate surface area is 134 Å². The summed E-state index contributed by atoms with van der Waals surface area (Å²) in [7, 11) is 0. The van der Waals surface area contributed by atoms with E-state index in [1.807, 2.05) is 0 Å². The van der Waals surface area contributed by atoms with Crippen molar-refractivity contribution in [3.8, 4) is 0 Å². The molecule has 0 aliphatic heterocycles. The lowest BCUT2D eigenvalue weighted by Gasteiger charge is -2.19. The van der Waals surface area contributed by atoms with E-state index < -0.39 is 11.7 Å². The van der Waals surface area contributed by atoms with Gasteiger partial charge in [0.25, 0.3) is 0 Å². The summed E-state index contributed by atoms with van der Waals surface area (Å²) in [6.45, 7) is 14.0. The van der Waals surface area contributed by atoms with E-state index in [1.165, 1.54) is 0 Å². The summed E-state index contributed by atoms with van der Waals surface area (Å²) in [6, 6.07) is -0.217. The van der Waals surface area contributed by atoms with Gasteiger partial charge in [-0.2, -0.15) is 0 Å². The van der Waals surface area contributed by atoms with E-state index >= 15 is 0 Å². The highest BCUT2D eigenvalue weighted by atomic mass is 16.6. The first-order chi connectivity index (χ1) is 10.3. The van der Waals surface area contributed by atoms with Gasteiger partial charge in [-0.05, 0) is 46.8 Å². The molecule has 0 fully saturated rings. The molecule has 0 radical (unpaired) electrons. The Hall–Kier alpha value is -1.50. The predicted octanol–water partition coefficient (Wildman–Crippen LogP) is 1.54. The lowest BCUT2D eigenvalue weighted by molar-refractivity contribution is 0.0528. The minimum absolute atomic E-state index is 0.217. The van der Waals surface area contributed by atoms with Crippen LogP contribution in [0.3, 0.4) is 0 Å². The molecule has 130 valence electrons. The molecule has 0 aliphatic carbocycles. The first-order valence-corrected chi connectivity index (χ1v) is 7.99. The first-order valence-electron chi connectivity index (χ1n) is 7.99. The number of urea groups is 1. The van der Waals surface area contributed by atoms with E-state index in [0.29, 0.717) is 19.6 Å². The number of alkyl carbamates (subject to hydrolysis) is 1. The van der Waals surface area contributed by atoms with Gasteiger partial charge in [0.15, 0.2) is 0 Å². The number of rotatable bonds is 9. The van der Waals surface area contributed by atoms with E-state index in [-0.39, 0.29) is 6.03 Å². The minimum atomic E-state index is -0.514. The van der Waals surface area contributed by atoms with Crippen molar-refractivity contribution in [3.05, 3.63) is 0 Å². The highest BCUT2D eigenvalue weighted by molar-refractivity contribution is 5.73. The molecule has 0 atom stereocenters. The number of carbonyl (C=O) groups excluding carboxylic acids is 2.